The number of alkyl halides is 24. The number of ether oxygens (including phenoxy) is 4. The van der Waals surface area contributed by atoms with Crippen LogP contribution in [0.15, 0.2) is 182 Å². The van der Waals surface area contributed by atoms with Gasteiger partial charge in [-0.1, -0.05) is 78.3 Å². The van der Waals surface area contributed by atoms with Crippen LogP contribution in [0.4, 0.5) is 110 Å². The lowest BCUT2D eigenvalue weighted by atomic mass is 10.1. The Labute approximate surface area is 542 Å². The average molecular weight is 1450 g/mol. The molecule has 8 nitrogen and oxygen atoms in total. The first-order valence-corrected chi connectivity index (χ1v) is 27.5. The second-order valence-corrected chi connectivity index (χ2v) is 20.4. The van der Waals surface area contributed by atoms with Gasteiger partial charge in [-0.15, -0.1) is 0 Å². The molecular formula is C64H46ClF25O8. The van der Waals surface area contributed by atoms with Gasteiger partial charge in [0.15, 0.2) is 11.6 Å². The first-order valence-electron chi connectivity index (χ1n) is 27.1. The number of halogens is 26. The number of rotatable bonds is 16. The summed E-state index contributed by atoms with van der Waals surface area (Å²) >= 11 is 5.75. The van der Waals surface area contributed by atoms with Gasteiger partial charge < -0.3 is 39.4 Å². The molecule has 532 valence electrons. The quantitative estimate of drug-likeness (QED) is 0.0707. The Hall–Kier alpha value is -8.66. The lowest BCUT2D eigenvalue weighted by Crippen LogP contribution is -2.16. The highest BCUT2D eigenvalue weighted by atomic mass is 35.5. The van der Waals surface area contributed by atoms with Crippen molar-refractivity contribution in [3.05, 3.63) is 260 Å². The minimum absolute atomic E-state index is 0.127. The lowest BCUT2D eigenvalue weighted by Gasteiger charge is -2.21. The molecule has 0 heterocycles. The molecule has 0 saturated carbocycles. The van der Waals surface area contributed by atoms with Crippen LogP contribution in [0.2, 0.25) is 5.02 Å². The third kappa shape index (κ3) is 23.5. The SMILES string of the molecule is OCC(Oc1cc(C(F)(F)F)ccc1F)c1cccc(C(F)(F)F)c1.OCC(Oc1ccc(C(F)(F)F)cc1Cl)c1ccc(C(F)(F)F)cc1.OCC(Oc1cccc(C(F)(F)F)c1)c1ccc(C(F)(F)F)cc1.OCC(Oc1ccccc1C(F)(F)F)c1ccc(C(F)(F)F)cc1. The van der Waals surface area contributed by atoms with E-state index in [9.17, 15) is 130 Å². The van der Waals surface area contributed by atoms with Crippen LogP contribution in [0.3, 0.4) is 0 Å². The molecule has 0 aromatic heterocycles. The van der Waals surface area contributed by atoms with E-state index >= 15 is 0 Å². The fraction of sp³-hybridized carbons (Fsp3) is 0.250. The van der Waals surface area contributed by atoms with E-state index < -0.39 is 162 Å². The van der Waals surface area contributed by atoms with E-state index in [1.54, 1.807) is 0 Å². The molecule has 8 aromatic carbocycles. The van der Waals surface area contributed by atoms with Gasteiger partial charge in [0.2, 0.25) is 0 Å². The van der Waals surface area contributed by atoms with Crippen molar-refractivity contribution in [2.75, 3.05) is 26.4 Å². The zero-order valence-corrected chi connectivity index (χ0v) is 49.5. The van der Waals surface area contributed by atoms with Gasteiger partial charge in [0, 0.05) is 0 Å². The Morgan fingerprint density at radius 3 is 1.00 bits per heavy atom. The summed E-state index contributed by atoms with van der Waals surface area (Å²) in [4.78, 5) is 0. The third-order valence-electron chi connectivity index (χ3n) is 13.0. The summed E-state index contributed by atoms with van der Waals surface area (Å²) in [6.07, 6.45) is -41.6. The molecule has 0 amide bonds. The van der Waals surface area contributed by atoms with E-state index in [1.165, 1.54) is 24.3 Å². The van der Waals surface area contributed by atoms with Crippen molar-refractivity contribution in [2.45, 2.75) is 73.8 Å². The highest BCUT2D eigenvalue weighted by Gasteiger charge is 2.38. The molecule has 0 saturated heterocycles. The molecule has 0 spiro atoms. The Morgan fingerprint density at radius 2 is 0.602 bits per heavy atom. The first kappa shape index (κ1) is 80.0. The van der Waals surface area contributed by atoms with Gasteiger partial charge >= 0.3 is 49.4 Å². The van der Waals surface area contributed by atoms with Gasteiger partial charge in [0.25, 0.3) is 0 Å². The monoisotopic (exact) mass is 1450 g/mol. The normalized spacial score (nSPS) is 13.6. The third-order valence-corrected chi connectivity index (χ3v) is 13.3. The van der Waals surface area contributed by atoms with E-state index in [0.29, 0.717) is 30.3 Å². The van der Waals surface area contributed by atoms with Gasteiger partial charge in [-0.3, -0.25) is 0 Å². The summed E-state index contributed by atoms with van der Waals surface area (Å²) < 4.78 is 338. The number of para-hydroxylation sites is 1. The fourth-order valence-corrected chi connectivity index (χ4v) is 8.36. The largest absolute Gasteiger partial charge is 0.483 e. The number of aliphatic hydroxyl groups is 4. The van der Waals surface area contributed by atoms with E-state index in [1.807, 2.05) is 0 Å². The molecule has 4 atom stereocenters. The van der Waals surface area contributed by atoms with Crippen molar-refractivity contribution in [1.82, 2.24) is 0 Å². The summed E-state index contributed by atoms with van der Waals surface area (Å²) in [5, 5.41) is 37.0. The topological polar surface area (TPSA) is 118 Å². The van der Waals surface area contributed by atoms with Crippen LogP contribution in [0.25, 0.3) is 0 Å². The number of hydrogen-bond acceptors (Lipinski definition) is 8. The van der Waals surface area contributed by atoms with Crippen molar-refractivity contribution < 1.29 is 149 Å². The second kappa shape index (κ2) is 32.8. The average Bonchev–Trinajstić information content (AvgIpc) is 0.834. The summed E-state index contributed by atoms with van der Waals surface area (Å²) in [6.45, 7) is -2.78. The van der Waals surface area contributed by atoms with Crippen LogP contribution in [0, 0.1) is 5.82 Å². The van der Waals surface area contributed by atoms with E-state index in [-0.39, 0.29) is 38.8 Å². The zero-order chi connectivity index (χ0) is 73.6. The molecule has 0 aliphatic rings. The van der Waals surface area contributed by atoms with Crippen molar-refractivity contribution in [2.24, 2.45) is 0 Å². The van der Waals surface area contributed by atoms with Gasteiger partial charge in [0.05, 0.1) is 76.0 Å². The molecular weight excluding hydrogens is 1410 g/mol. The van der Waals surface area contributed by atoms with Gasteiger partial charge in [-0.05, 0) is 138 Å². The minimum atomic E-state index is -4.75. The van der Waals surface area contributed by atoms with Crippen molar-refractivity contribution >= 4 is 11.6 Å². The lowest BCUT2D eigenvalue weighted by molar-refractivity contribution is -0.140. The molecule has 34 heteroatoms. The Balaban J connectivity index is 0.000000236. The number of hydrogen-bond donors (Lipinski definition) is 4. The molecule has 98 heavy (non-hydrogen) atoms. The highest BCUT2D eigenvalue weighted by molar-refractivity contribution is 6.32. The Morgan fingerprint density at radius 1 is 0.276 bits per heavy atom. The maximum absolute atomic E-state index is 13.7. The maximum atomic E-state index is 13.7. The smallest absolute Gasteiger partial charge is 0.419 e. The summed E-state index contributed by atoms with van der Waals surface area (Å²) in [7, 11) is 0. The van der Waals surface area contributed by atoms with Crippen LogP contribution < -0.4 is 18.9 Å². The molecule has 0 fully saturated rings. The van der Waals surface area contributed by atoms with Crippen LogP contribution in [0.5, 0.6) is 23.0 Å². The predicted molar refractivity (Wildman–Crippen MR) is 298 cm³/mol. The van der Waals surface area contributed by atoms with Crippen LogP contribution in [0.1, 0.15) is 91.2 Å². The molecule has 0 radical (unpaired) electrons. The van der Waals surface area contributed by atoms with E-state index in [2.05, 4.69) is 0 Å². The second-order valence-electron chi connectivity index (χ2n) is 19.9. The zero-order valence-electron chi connectivity index (χ0n) is 48.7. The first-order chi connectivity index (χ1) is 45.3. The molecule has 0 aliphatic carbocycles. The molecule has 0 bridgehead atoms. The van der Waals surface area contributed by atoms with Gasteiger partial charge in [-0.25, -0.2) is 4.39 Å². The van der Waals surface area contributed by atoms with E-state index in [0.717, 1.165) is 127 Å². The maximum Gasteiger partial charge on any atom is 0.419 e. The standard InChI is InChI=1S/C16H11ClF6O2.C16H11F7O2.2C16H12F6O2/c17-12-7-11(16(21,22)23)5-6-13(12)25-14(8-24)9-1-3-10(4-2-9)15(18,19)20;17-12-5-4-11(16(21,22)23)7-13(12)25-14(8-24)9-2-1-3-10(6-9)15(18,19)20;17-15(18,19)11-6-4-10(5-7-11)14(9-23)24-13-3-1-2-12(8-13)16(20,21)22;17-15(18,19)11-7-5-10(6-8-11)14(9-23)24-13-4-2-1-3-12(13)16(20,21)22/h2*1-7,14,24H,8H2;2*1-8,14,23H,9H2. The van der Waals surface area contributed by atoms with Crippen molar-refractivity contribution in [1.29, 1.82) is 0 Å². The Bertz CT molecular complexity index is 3810. The van der Waals surface area contributed by atoms with Crippen LogP contribution >= 0.6 is 11.6 Å². The van der Waals surface area contributed by atoms with E-state index in [4.69, 9.17) is 30.5 Å². The molecule has 8 aromatic rings. The number of benzene rings is 8. The molecule has 0 aliphatic heterocycles. The summed E-state index contributed by atoms with van der Waals surface area (Å²) in [5.74, 6) is -2.76. The highest BCUT2D eigenvalue weighted by Crippen LogP contribution is 2.42. The fourth-order valence-electron chi connectivity index (χ4n) is 8.13. The van der Waals surface area contributed by atoms with Crippen LogP contribution in [-0.2, 0) is 49.4 Å². The van der Waals surface area contributed by atoms with Crippen LogP contribution in [-0.4, -0.2) is 46.9 Å². The molecule has 4 N–H and O–H groups in total. The van der Waals surface area contributed by atoms with Crippen molar-refractivity contribution in [3.8, 4) is 23.0 Å². The minimum Gasteiger partial charge on any atom is -0.483 e. The molecule has 8 rings (SSSR count). The summed E-state index contributed by atoms with van der Waals surface area (Å²) in [5.41, 5.74) is -7.41. The van der Waals surface area contributed by atoms with Crippen molar-refractivity contribution in [3.63, 3.8) is 0 Å². The van der Waals surface area contributed by atoms with Gasteiger partial charge in [-0.2, -0.15) is 105 Å². The number of aliphatic hydroxyl groups excluding tert-OH is 4. The van der Waals surface area contributed by atoms with Gasteiger partial charge in [0.1, 0.15) is 41.7 Å². The Kier molecular flexibility index (Phi) is 26.8. The predicted octanol–water partition coefficient (Wildman–Crippen LogP) is 20.1. The summed E-state index contributed by atoms with van der Waals surface area (Å²) in [6, 6.07) is 27.3. The molecule has 4 unspecified atom stereocenters.